The smallest absolute Gasteiger partial charge is 0.107 e. The number of nitrogens with two attached hydrogens (primary N) is 1. The average Bonchev–Trinajstić information content (AvgIpc) is 2.45. The van der Waals surface area contributed by atoms with Gasteiger partial charge in [-0.1, -0.05) is 31.5 Å². The van der Waals surface area contributed by atoms with E-state index in [1.807, 2.05) is 25.6 Å². The Hall–Kier alpha value is -0.810. The summed E-state index contributed by atoms with van der Waals surface area (Å²) in [7, 11) is 0. The first-order chi connectivity index (χ1) is 9.97. The van der Waals surface area contributed by atoms with E-state index in [9.17, 15) is 0 Å². The SMILES string of the molecule is CSC1(CNc2cc(C)nc(C)c2C(N)=S)CCCCC1. The summed E-state index contributed by atoms with van der Waals surface area (Å²) in [5.41, 5.74) is 9.72. The first kappa shape index (κ1) is 16.6. The zero-order valence-electron chi connectivity index (χ0n) is 13.2. The normalized spacial score (nSPS) is 17.5. The second kappa shape index (κ2) is 6.97. The van der Waals surface area contributed by atoms with Gasteiger partial charge in [-0.15, -0.1) is 0 Å². The summed E-state index contributed by atoms with van der Waals surface area (Å²) in [5.74, 6) is 0. The molecule has 0 amide bonds. The summed E-state index contributed by atoms with van der Waals surface area (Å²) in [6.45, 7) is 4.94. The highest BCUT2D eigenvalue weighted by Gasteiger charge is 2.31. The summed E-state index contributed by atoms with van der Waals surface area (Å²) < 4.78 is 0.344. The predicted octanol–water partition coefficient (Wildman–Crippen LogP) is 3.81. The third-order valence-electron chi connectivity index (χ3n) is 4.37. The first-order valence-electron chi connectivity index (χ1n) is 7.54. The maximum atomic E-state index is 5.89. The van der Waals surface area contributed by atoms with E-state index in [2.05, 4.69) is 22.6 Å². The van der Waals surface area contributed by atoms with Crippen molar-refractivity contribution in [2.45, 2.75) is 50.7 Å². The van der Waals surface area contributed by atoms with Crippen molar-refractivity contribution in [2.75, 3.05) is 18.1 Å². The number of thioether (sulfide) groups is 1. The topological polar surface area (TPSA) is 50.9 Å². The number of hydrogen-bond donors (Lipinski definition) is 2. The van der Waals surface area contributed by atoms with Crippen LogP contribution in [0.4, 0.5) is 5.69 Å². The Balaban J connectivity index is 2.21. The molecule has 21 heavy (non-hydrogen) atoms. The third-order valence-corrected chi connectivity index (χ3v) is 6.00. The van der Waals surface area contributed by atoms with Crippen molar-refractivity contribution in [2.24, 2.45) is 5.73 Å². The fourth-order valence-corrected chi connectivity index (χ4v) is 4.36. The van der Waals surface area contributed by atoms with Gasteiger partial charge in [0.15, 0.2) is 0 Å². The Bertz CT molecular complexity index is 522. The molecule has 0 unspecified atom stereocenters. The van der Waals surface area contributed by atoms with Gasteiger partial charge in [0, 0.05) is 28.4 Å². The van der Waals surface area contributed by atoms with Gasteiger partial charge in [0.05, 0.1) is 5.56 Å². The molecule has 1 aromatic heterocycles. The summed E-state index contributed by atoms with van der Waals surface area (Å²) in [4.78, 5) is 4.90. The number of thiocarbonyl (C=S) groups is 1. The minimum absolute atomic E-state index is 0.344. The van der Waals surface area contributed by atoms with Crippen molar-refractivity contribution in [3.63, 3.8) is 0 Å². The molecule has 116 valence electrons. The van der Waals surface area contributed by atoms with Gasteiger partial charge >= 0.3 is 0 Å². The van der Waals surface area contributed by atoms with Crippen LogP contribution in [0.3, 0.4) is 0 Å². The van der Waals surface area contributed by atoms with E-state index in [1.54, 1.807) is 0 Å². The van der Waals surface area contributed by atoms with Gasteiger partial charge in [-0.2, -0.15) is 11.8 Å². The van der Waals surface area contributed by atoms with E-state index >= 15 is 0 Å². The molecule has 0 atom stereocenters. The maximum Gasteiger partial charge on any atom is 0.107 e. The van der Waals surface area contributed by atoms with Gasteiger partial charge in [0.2, 0.25) is 0 Å². The van der Waals surface area contributed by atoms with Crippen molar-refractivity contribution < 1.29 is 0 Å². The number of rotatable bonds is 5. The van der Waals surface area contributed by atoms with Gasteiger partial charge in [0.25, 0.3) is 0 Å². The van der Waals surface area contributed by atoms with Crippen LogP contribution in [-0.2, 0) is 0 Å². The molecule has 0 aromatic carbocycles. The van der Waals surface area contributed by atoms with Crippen LogP contribution < -0.4 is 11.1 Å². The van der Waals surface area contributed by atoms with E-state index < -0.39 is 0 Å². The second-order valence-electron chi connectivity index (χ2n) is 5.94. The lowest BCUT2D eigenvalue weighted by molar-refractivity contribution is 0.411. The summed E-state index contributed by atoms with van der Waals surface area (Å²) in [5, 5.41) is 3.61. The second-order valence-corrected chi connectivity index (χ2v) is 7.65. The molecule has 1 aliphatic carbocycles. The molecule has 5 heteroatoms. The van der Waals surface area contributed by atoms with Crippen molar-refractivity contribution in [3.8, 4) is 0 Å². The molecular formula is C16H25N3S2. The number of aromatic nitrogens is 1. The molecule has 0 bridgehead atoms. The molecule has 0 radical (unpaired) electrons. The Kier molecular flexibility index (Phi) is 5.49. The summed E-state index contributed by atoms with van der Waals surface area (Å²) >= 11 is 7.19. The number of aryl methyl sites for hydroxylation is 2. The molecular weight excluding hydrogens is 298 g/mol. The lowest BCUT2D eigenvalue weighted by Crippen LogP contribution is -2.36. The lowest BCUT2D eigenvalue weighted by Gasteiger charge is -2.36. The minimum atomic E-state index is 0.344. The number of hydrogen-bond acceptors (Lipinski definition) is 4. The minimum Gasteiger partial charge on any atom is -0.389 e. The van der Waals surface area contributed by atoms with Gasteiger partial charge in [-0.25, -0.2) is 0 Å². The predicted molar refractivity (Wildman–Crippen MR) is 97.4 cm³/mol. The molecule has 3 N–H and O–H groups in total. The van der Waals surface area contributed by atoms with E-state index in [0.717, 1.165) is 29.2 Å². The Labute approximate surface area is 137 Å². The highest BCUT2D eigenvalue weighted by atomic mass is 32.2. The number of pyridine rings is 1. The maximum absolute atomic E-state index is 5.89. The standard InChI is InChI=1S/C16H25N3S2/c1-11-9-13(14(15(17)20)12(2)19-11)18-10-16(21-3)7-5-4-6-8-16/h9H,4-8,10H2,1-3H3,(H2,17,20)(H,18,19). The van der Waals surface area contributed by atoms with Gasteiger partial charge < -0.3 is 11.1 Å². The van der Waals surface area contributed by atoms with Crippen molar-refractivity contribution in [1.29, 1.82) is 0 Å². The van der Waals surface area contributed by atoms with Crippen LogP contribution in [-0.4, -0.2) is 27.5 Å². The monoisotopic (exact) mass is 323 g/mol. The van der Waals surface area contributed by atoms with E-state index in [4.69, 9.17) is 18.0 Å². The molecule has 0 saturated heterocycles. The number of nitrogens with zero attached hydrogens (tertiary/aromatic N) is 1. The van der Waals surface area contributed by atoms with Crippen LogP contribution in [0, 0.1) is 13.8 Å². The van der Waals surface area contributed by atoms with Crippen LogP contribution in [0.25, 0.3) is 0 Å². The zero-order chi connectivity index (χ0) is 15.5. The third kappa shape index (κ3) is 3.89. The van der Waals surface area contributed by atoms with Crippen molar-refractivity contribution >= 4 is 34.7 Å². The van der Waals surface area contributed by atoms with E-state index in [1.165, 1.54) is 32.1 Å². The summed E-state index contributed by atoms with van der Waals surface area (Å²) in [6, 6.07) is 2.05. The van der Waals surface area contributed by atoms with Gasteiger partial charge in [-0.05, 0) is 39.0 Å². The number of nitrogens with one attached hydrogen (secondary N) is 1. The molecule has 1 aromatic rings. The molecule has 3 nitrogen and oxygen atoms in total. The van der Waals surface area contributed by atoms with Crippen LogP contribution in [0.1, 0.15) is 49.1 Å². The van der Waals surface area contributed by atoms with Gasteiger partial charge in [0.1, 0.15) is 4.99 Å². The highest BCUT2D eigenvalue weighted by molar-refractivity contribution is 8.00. The average molecular weight is 324 g/mol. The van der Waals surface area contributed by atoms with Gasteiger partial charge in [-0.3, -0.25) is 4.98 Å². The molecule has 1 saturated carbocycles. The van der Waals surface area contributed by atoms with Crippen molar-refractivity contribution in [3.05, 3.63) is 23.0 Å². The molecule has 0 aliphatic heterocycles. The first-order valence-corrected chi connectivity index (χ1v) is 9.18. The highest BCUT2D eigenvalue weighted by Crippen LogP contribution is 2.39. The lowest BCUT2D eigenvalue weighted by atomic mass is 9.88. The fraction of sp³-hybridized carbons (Fsp3) is 0.625. The Morgan fingerprint density at radius 2 is 2.05 bits per heavy atom. The van der Waals surface area contributed by atoms with Crippen molar-refractivity contribution in [1.82, 2.24) is 4.98 Å². The molecule has 0 spiro atoms. The van der Waals surface area contributed by atoms with Crippen LogP contribution in [0.2, 0.25) is 0 Å². The van der Waals surface area contributed by atoms with Crippen LogP contribution in [0.5, 0.6) is 0 Å². The largest absolute Gasteiger partial charge is 0.389 e. The fourth-order valence-electron chi connectivity index (χ4n) is 3.18. The Morgan fingerprint density at radius 1 is 1.38 bits per heavy atom. The zero-order valence-corrected chi connectivity index (χ0v) is 14.8. The molecule has 1 aliphatic rings. The van der Waals surface area contributed by atoms with E-state index in [0.29, 0.717) is 9.74 Å². The molecule has 2 rings (SSSR count). The molecule has 1 fully saturated rings. The van der Waals surface area contributed by atoms with Crippen LogP contribution in [0.15, 0.2) is 6.07 Å². The van der Waals surface area contributed by atoms with E-state index in [-0.39, 0.29) is 0 Å². The van der Waals surface area contributed by atoms with Crippen LogP contribution >= 0.6 is 24.0 Å². The summed E-state index contributed by atoms with van der Waals surface area (Å²) in [6.07, 6.45) is 8.83. The number of anilines is 1. The Morgan fingerprint density at radius 3 is 2.62 bits per heavy atom. The molecule has 1 heterocycles. The quantitative estimate of drug-likeness (QED) is 0.807.